The van der Waals surface area contributed by atoms with Gasteiger partial charge in [-0.1, -0.05) is 0 Å². The fourth-order valence-electron chi connectivity index (χ4n) is 2.81. The number of hydrogen-bond donors (Lipinski definition) is 1. The lowest BCUT2D eigenvalue weighted by molar-refractivity contribution is 0.00344. The molecule has 0 unspecified atom stereocenters. The molecule has 21 heavy (non-hydrogen) atoms. The van der Waals surface area contributed by atoms with Crippen LogP contribution in [0.3, 0.4) is 0 Å². The molecule has 1 saturated carbocycles. The van der Waals surface area contributed by atoms with E-state index in [0.717, 1.165) is 4.68 Å². The van der Waals surface area contributed by atoms with Crippen molar-refractivity contribution in [3.63, 3.8) is 0 Å². The number of nitrogens with zero attached hydrogens (tertiary/aromatic N) is 2. The van der Waals surface area contributed by atoms with Gasteiger partial charge < -0.3 is 5.11 Å². The van der Waals surface area contributed by atoms with E-state index in [2.05, 4.69) is 5.10 Å². The molecule has 8 heteroatoms. The normalized spacial score (nSPS) is 21.7. The van der Waals surface area contributed by atoms with Crippen LogP contribution in [-0.4, -0.2) is 26.8 Å². The van der Waals surface area contributed by atoms with E-state index in [0.29, 0.717) is 6.92 Å². The van der Waals surface area contributed by atoms with Gasteiger partial charge >= 0.3 is 5.97 Å². The second-order valence-electron chi connectivity index (χ2n) is 5.66. The summed E-state index contributed by atoms with van der Waals surface area (Å²) in [6.07, 6.45) is -0.414. The summed E-state index contributed by atoms with van der Waals surface area (Å²) in [5.74, 6) is -7.90. The van der Waals surface area contributed by atoms with Gasteiger partial charge in [-0.3, -0.25) is 4.68 Å². The van der Waals surface area contributed by atoms with Crippen LogP contribution < -0.4 is 0 Å². The molecule has 118 valence electrons. The van der Waals surface area contributed by atoms with Crippen molar-refractivity contribution in [2.75, 3.05) is 0 Å². The first kappa shape index (κ1) is 15.8. The van der Waals surface area contributed by atoms with E-state index in [1.807, 2.05) is 0 Å². The number of carboxylic acids is 1. The second-order valence-corrected chi connectivity index (χ2v) is 5.66. The summed E-state index contributed by atoms with van der Waals surface area (Å²) in [4.78, 5) is 11.2. The molecular weight excluding hydrogens is 292 g/mol. The largest absolute Gasteiger partial charge is 0.477 e. The number of carbonyl (C=O) groups is 1. The molecule has 1 aromatic rings. The smallest absolute Gasteiger partial charge is 0.354 e. The third-order valence-corrected chi connectivity index (χ3v) is 3.74. The molecule has 1 N–H and O–H groups in total. The molecule has 0 amide bonds. The molecule has 1 heterocycles. The van der Waals surface area contributed by atoms with Crippen LogP contribution in [0.1, 0.15) is 47.9 Å². The Morgan fingerprint density at radius 2 is 2.14 bits per heavy atom. The summed E-state index contributed by atoms with van der Waals surface area (Å²) in [5, 5.41) is 12.8. The maximum Gasteiger partial charge on any atom is 0.354 e. The van der Waals surface area contributed by atoms with Crippen LogP contribution in [0.2, 0.25) is 0 Å². The van der Waals surface area contributed by atoms with Crippen molar-refractivity contribution < 1.29 is 27.5 Å². The van der Waals surface area contributed by atoms with Crippen LogP contribution in [-0.2, 0) is 12.5 Å². The first-order valence-electron chi connectivity index (χ1n) is 6.58. The van der Waals surface area contributed by atoms with Gasteiger partial charge in [0, 0.05) is 31.9 Å². The third-order valence-electron chi connectivity index (χ3n) is 3.74. The van der Waals surface area contributed by atoms with Crippen LogP contribution in [0.15, 0.2) is 0 Å². The number of hydrogen-bond acceptors (Lipinski definition) is 2. The first-order chi connectivity index (χ1) is 9.51. The van der Waals surface area contributed by atoms with Crippen molar-refractivity contribution in [2.45, 2.75) is 51.5 Å². The molecule has 0 spiro atoms. The molecule has 0 bridgehead atoms. The van der Waals surface area contributed by atoms with E-state index in [9.17, 15) is 22.4 Å². The Bertz CT molecular complexity index is 563. The first-order valence-corrected chi connectivity index (χ1v) is 6.58. The molecule has 2 rings (SSSR count). The van der Waals surface area contributed by atoms with Crippen molar-refractivity contribution in [3.8, 4) is 0 Å². The zero-order chi connectivity index (χ0) is 16.0. The lowest BCUT2D eigenvalue weighted by Gasteiger charge is -2.12. The fourth-order valence-corrected chi connectivity index (χ4v) is 2.81. The summed E-state index contributed by atoms with van der Waals surface area (Å²) >= 11 is 0. The van der Waals surface area contributed by atoms with Gasteiger partial charge in [0.15, 0.2) is 0 Å². The van der Waals surface area contributed by atoms with Crippen molar-refractivity contribution in [2.24, 2.45) is 5.92 Å². The van der Waals surface area contributed by atoms with Gasteiger partial charge in [0.1, 0.15) is 11.4 Å². The lowest BCUT2D eigenvalue weighted by Crippen LogP contribution is -2.18. The Balaban J connectivity index is 2.33. The molecule has 0 radical (unpaired) electrons. The van der Waals surface area contributed by atoms with Crippen LogP contribution in [0, 0.1) is 12.8 Å². The number of aromatic carboxylic acids is 1. The topological polar surface area (TPSA) is 55.1 Å². The van der Waals surface area contributed by atoms with Gasteiger partial charge in [0.25, 0.3) is 5.92 Å². The number of aromatic nitrogens is 2. The van der Waals surface area contributed by atoms with E-state index in [-0.39, 0.29) is 37.1 Å². The van der Waals surface area contributed by atoms with E-state index in [1.165, 1.54) is 6.92 Å². The number of halogens is 4. The fraction of sp³-hybridized carbons (Fsp3) is 0.692. The Hall–Kier alpha value is -1.60. The van der Waals surface area contributed by atoms with E-state index in [1.54, 1.807) is 0 Å². The quantitative estimate of drug-likeness (QED) is 0.867. The maximum atomic E-state index is 13.4. The van der Waals surface area contributed by atoms with Gasteiger partial charge in [-0.2, -0.15) is 13.9 Å². The van der Waals surface area contributed by atoms with Crippen molar-refractivity contribution in [1.82, 2.24) is 9.78 Å². The molecule has 1 fully saturated rings. The van der Waals surface area contributed by atoms with E-state index < -0.39 is 29.4 Å². The summed E-state index contributed by atoms with van der Waals surface area (Å²) in [7, 11) is 0. The van der Waals surface area contributed by atoms with E-state index in [4.69, 9.17) is 5.11 Å². The summed E-state index contributed by atoms with van der Waals surface area (Å²) in [6, 6.07) is 0. The molecule has 0 saturated heterocycles. The highest BCUT2D eigenvalue weighted by Crippen LogP contribution is 2.40. The number of rotatable bonds is 4. The summed E-state index contributed by atoms with van der Waals surface area (Å²) in [6.45, 7) is 1.79. The molecule has 1 aliphatic rings. The molecule has 4 nitrogen and oxygen atoms in total. The highest BCUT2D eigenvalue weighted by atomic mass is 19.3. The van der Waals surface area contributed by atoms with Gasteiger partial charge in [-0.25, -0.2) is 13.6 Å². The Kier molecular flexibility index (Phi) is 3.75. The zero-order valence-corrected chi connectivity index (χ0v) is 11.7. The standard InChI is InChI=1S/C13H16F4N2O2/c1-7-9(11(20)21)19(18-10(7)12(2,14)15)6-8-3-4-13(16,17)5-8/h8H,3-6H2,1-2H3,(H,20,21)/t8-/m1/s1. The van der Waals surface area contributed by atoms with Gasteiger partial charge in [0.05, 0.1) is 0 Å². The minimum absolute atomic E-state index is 0.0891. The van der Waals surface area contributed by atoms with E-state index >= 15 is 0 Å². The van der Waals surface area contributed by atoms with Crippen LogP contribution in [0.4, 0.5) is 17.6 Å². The molecule has 0 aliphatic heterocycles. The van der Waals surface area contributed by atoms with Crippen LogP contribution >= 0.6 is 0 Å². The summed E-state index contributed by atoms with van der Waals surface area (Å²) in [5.41, 5.74) is -1.11. The summed E-state index contributed by atoms with van der Waals surface area (Å²) < 4.78 is 54.1. The molecule has 0 aromatic carbocycles. The molecular formula is C13H16F4N2O2. The van der Waals surface area contributed by atoms with Gasteiger partial charge in [-0.05, 0) is 19.3 Å². The van der Waals surface area contributed by atoms with Crippen molar-refractivity contribution in [3.05, 3.63) is 17.0 Å². The maximum absolute atomic E-state index is 13.4. The number of alkyl halides is 4. The second kappa shape index (κ2) is 4.99. The Morgan fingerprint density at radius 1 is 1.52 bits per heavy atom. The van der Waals surface area contributed by atoms with Crippen molar-refractivity contribution in [1.29, 1.82) is 0 Å². The highest BCUT2D eigenvalue weighted by molar-refractivity contribution is 5.87. The lowest BCUT2D eigenvalue weighted by atomic mass is 10.1. The monoisotopic (exact) mass is 308 g/mol. The van der Waals surface area contributed by atoms with Crippen LogP contribution in [0.25, 0.3) is 0 Å². The van der Waals surface area contributed by atoms with Gasteiger partial charge in [0.2, 0.25) is 5.92 Å². The predicted molar refractivity (Wildman–Crippen MR) is 65.8 cm³/mol. The van der Waals surface area contributed by atoms with Gasteiger partial charge in [-0.15, -0.1) is 0 Å². The molecule has 1 aliphatic carbocycles. The Morgan fingerprint density at radius 3 is 2.57 bits per heavy atom. The predicted octanol–water partition coefficient (Wildman–Crippen LogP) is 3.44. The Labute approximate surface area is 118 Å². The van der Waals surface area contributed by atoms with Crippen LogP contribution in [0.5, 0.6) is 0 Å². The highest BCUT2D eigenvalue weighted by Gasteiger charge is 2.41. The average Bonchev–Trinajstić information content (AvgIpc) is 2.79. The minimum atomic E-state index is -3.28. The SMILES string of the molecule is Cc1c(C(C)(F)F)nn(C[C@@H]2CCC(F)(F)C2)c1C(=O)O. The molecule has 1 aromatic heterocycles. The third kappa shape index (κ3) is 3.19. The molecule has 1 atom stereocenters. The zero-order valence-electron chi connectivity index (χ0n) is 11.7. The average molecular weight is 308 g/mol. The number of carboxylic acid groups (broad SMARTS) is 1. The van der Waals surface area contributed by atoms with Crippen molar-refractivity contribution >= 4 is 5.97 Å². The minimum Gasteiger partial charge on any atom is -0.477 e.